The van der Waals surface area contributed by atoms with Crippen molar-refractivity contribution in [3.8, 4) is 0 Å². The zero-order valence-electron chi connectivity index (χ0n) is 16.4. The number of nitrogens with one attached hydrogen (secondary N) is 3. The van der Waals surface area contributed by atoms with Gasteiger partial charge >= 0.3 is 0 Å². The second-order valence-electron chi connectivity index (χ2n) is 7.58. The molecule has 31 heavy (non-hydrogen) atoms. The summed E-state index contributed by atoms with van der Waals surface area (Å²) in [7, 11) is 0. The fourth-order valence-electron chi connectivity index (χ4n) is 3.78. The van der Waals surface area contributed by atoms with Gasteiger partial charge in [-0.25, -0.2) is 9.98 Å². The van der Waals surface area contributed by atoms with Gasteiger partial charge in [-0.05, 0) is 84.5 Å². The van der Waals surface area contributed by atoms with Crippen LogP contribution in [0.25, 0.3) is 18.2 Å². The molecular weight excluding hydrogens is 386 g/mol. The van der Waals surface area contributed by atoms with Crippen LogP contribution >= 0.6 is 0 Å². The second-order valence-corrected chi connectivity index (χ2v) is 7.58. The number of rotatable bonds is 0. The lowest BCUT2D eigenvalue weighted by molar-refractivity contribution is -0.115. The molecule has 0 fully saturated rings. The van der Waals surface area contributed by atoms with Crippen molar-refractivity contribution < 1.29 is 4.79 Å². The topological polar surface area (TPSA) is 85.4 Å². The Bertz CT molecular complexity index is 1510. The van der Waals surface area contributed by atoms with E-state index in [0.717, 1.165) is 44.8 Å². The zero-order valence-corrected chi connectivity index (χ0v) is 16.4. The average molecular weight is 403 g/mol. The number of fused-ring (bicyclic) bond motifs is 7. The minimum atomic E-state index is -0.146. The Balaban J connectivity index is 1.50. The standard InChI is InChI=1S/C25H17N5O/c31-25-16-9-18-2-4-20(28-18)11-19-3-1-17(27-19)7-15-8-23(26-14-15)12-21-5-6-22(29-21)13-24(10-16)30-25/h1-14,26-27H,(H,30,31). The van der Waals surface area contributed by atoms with Crippen molar-refractivity contribution in [2.45, 2.75) is 0 Å². The molecule has 0 aliphatic carbocycles. The Morgan fingerprint density at radius 1 is 0.742 bits per heavy atom. The van der Waals surface area contributed by atoms with Crippen molar-refractivity contribution in [1.29, 1.82) is 0 Å². The number of carbonyl (C=O) groups is 1. The molecule has 1 amide bonds. The maximum atomic E-state index is 12.4. The Morgan fingerprint density at radius 2 is 1.48 bits per heavy atom. The Labute approximate surface area is 177 Å². The van der Waals surface area contributed by atoms with Gasteiger partial charge in [-0.2, -0.15) is 0 Å². The molecule has 3 N–H and O–H groups in total. The molecule has 0 radical (unpaired) electrons. The van der Waals surface area contributed by atoms with Gasteiger partial charge in [-0.1, -0.05) is 0 Å². The molecule has 6 heterocycles. The van der Waals surface area contributed by atoms with Crippen LogP contribution in [0.3, 0.4) is 0 Å². The van der Waals surface area contributed by atoms with Crippen LogP contribution in [-0.4, -0.2) is 27.3 Å². The monoisotopic (exact) mass is 403 g/mol. The second kappa shape index (κ2) is 6.81. The van der Waals surface area contributed by atoms with E-state index in [4.69, 9.17) is 0 Å². The van der Waals surface area contributed by atoms with Crippen LogP contribution in [0.2, 0.25) is 0 Å². The summed E-state index contributed by atoms with van der Waals surface area (Å²) in [5, 5.41) is 4.85. The molecule has 0 spiro atoms. The average Bonchev–Trinajstić information content (AvgIpc) is 3.54. The smallest absolute Gasteiger partial charge is 0.255 e. The molecule has 148 valence electrons. The summed E-state index contributed by atoms with van der Waals surface area (Å²) in [5.41, 5.74) is 6.52. The Hall–Kier alpha value is -4.45. The molecule has 10 bridgehead atoms. The van der Waals surface area contributed by atoms with E-state index < -0.39 is 0 Å². The van der Waals surface area contributed by atoms with Gasteiger partial charge in [0, 0.05) is 33.9 Å². The van der Waals surface area contributed by atoms with E-state index >= 15 is 0 Å². The number of carbonyl (C=O) groups excluding carboxylic acids is 1. The molecule has 4 aliphatic rings. The molecule has 0 saturated heterocycles. The lowest BCUT2D eigenvalue weighted by Gasteiger charge is -1.95. The highest BCUT2D eigenvalue weighted by Gasteiger charge is 2.18. The van der Waals surface area contributed by atoms with Crippen LogP contribution in [0.15, 0.2) is 99.6 Å². The van der Waals surface area contributed by atoms with Gasteiger partial charge < -0.3 is 15.3 Å². The van der Waals surface area contributed by atoms with E-state index in [1.54, 1.807) is 6.08 Å². The quantitative estimate of drug-likeness (QED) is 0.619. The summed E-state index contributed by atoms with van der Waals surface area (Å²) in [6.07, 6.45) is 21.2. The maximum Gasteiger partial charge on any atom is 0.255 e. The van der Waals surface area contributed by atoms with Gasteiger partial charge in [-0.3, -0.25) is 4.79 Å². The molecule has 4 aliphatic heterocycles. The fraction of sp³-hybridized carbons (Fsp3) is 0. The summed E-state index contributed by atoms with van der Waals surface area (Å²) in [5.74, 6) is -0.146. The fourth-order valence-corrected chi connectivity index (χ4v) is 3.78. The van der Waals surface area contributed by atoms with E-state index in [0.29, 0.717) is 11.3 Å². The summed E-state index contributed by atoms with van der Waals surface area (Å²) in [6, 6.07) is 6.13. The van der Waals surface area contributed by atoms with Gasteiger partial charge in [-0.15, -0.1) is 0 Å². The third-order valence-corrected chi connectivity index (χ3v) is 5.19. The summed E-state index contributed by atoms with van der Waals surface area (Å²) >= 11 is 0. The summed E-state index contributed by atoms with van der Waals surface area (Å²) in [4.78, 5) is 28.3. The number of H-pyrrole nitrogens is 2. The highest BCUT2D eigenvalue weighted by molar-refractivity contribution is 6.19. The van der Waals surface area contributed by atoms with E-state index in [9.17, 15) is 4.79 Å². The number of allylic oxidation sites excluding steroid dienone is 6. The Morgan fingerprint density at radius 3 is 2.32 bits per heavy atom. The van der Waals surface area contributed by atoms with Crippen molar-refractivity contribution in [1.82, 2.24) is 15.3 Å². The van der Waals surface area contributed by atoms with Crippen LogP contribution in [0.4, 0.5) is 0 Å². The number of aromatic amines is 2. The van der Waals surface area contributed by atoms with Crippen LogP contribution in [-0.2, 0) is 4.79 Å². The van der Waals surface area contributed by atoms with Crippen LogP contribution < -0.4 is 16.0 Å². The van der Waals surface area contributed by atoms with Crippen LogP contribution in [0.1, 0.15) is 11.3 Å². The first-order valence-electron chi connectivity index (χ1n) is 9.95. The molecule has 2 aromatic rings. The van der Waals surface area contributed by atoms with Crippen molar-refractivity contribution in [3.63, 3.8) is 0 Å². The Kier molecular flexibility index (Phi) is 3.83. The van der Waals surface area contributed by atoms with Gasteiger partial charge in [0.05, 0.1) is 22.8 Å². The third-order valence-electron chi connectivity index (χ3n) is 5.19. The van der Waals surface area contributed by atoms with Crippen molar-refractivity contribution >= 4 is 35.6 Å². The predicted octanol–water partition coefficient (Wildman–Crippen LogP) is 2.15. The SMILES string of the molecule is O=C1NC2=CC3=NC(=Cc4cc(c[nH]4)C=c4ccc([nH]4)=CC4=NC(=CC1=C2)C=C4)C=C3. The number of hydrogen-bond donors (Lipinski definition) is 3. The molecule has 0 aromatic carbocycles. The number of aromatic nitrogens is 2. The summed E-state index contributed by atoms with van der Waals surface area (Å²) < 4.78 is 0. The lowest BCUT2D eigenvalue weighted by Crippen LogP contribution is -2.16. The minimum absolute atomic E-state index is 0.146. The first-order valence-corrected chi connectivity index (χ1v) is 9.95. The number of aliphatic imine (C=N–C) groups is 2. The number of nitrogens with zero attached hydrogens (tertiary/aromatic N) is 2. The molecule has 0 saturated carbocycles. The third kappa shape index (κ3) is 3.51. The molecule has 0 unspecified atom stereocenters. The maximum absolute atomic E-state index is 12.4. The van der Waals surface area contributed by atoms with E-state index in [-0.39, 0.29) is 5.91 Å². The van der Waals surface area contributed by atoms with Gasteiger partial charge in [0.1, 0.15) is 0 Å². The highest BCUT2D eigenvalue weighted by Crippen LogP contribution is 2.20. The molecule has 2 aromatic heterocycles. The van der Waals surface area contributed by atoms with Gasteiger partial charge in [0.15, 0.2) is 0 Å². The highest BCUT2D eigenvalue weighted by atomic mass is 16.1. The van der Waals surface area contributed by atoms with Crippen molar-refractivity contribution in [2.24, 2.45) is 9.98 Å². The normalized spacial score (nSPS) is 18.8. The molecule has 6 nitrogen and oxygen atoms in total. The lowest BCUT2D eigenvalue weighted by atomic mass is 10.2. The largest absolute Gasteiger partial charge is 0.361 e. The summed E-state index contributed by atoms with van der Waals surface area (Å²) in [6.45, 7) is 0. The first kappa shape index (κ1) is 17.4. The van der Waals surface area contributed by atoms with E-state index in [1.807, 2.05) is 66.9 Å². The van der Waals surface area contributed by atoms with Crippen LogP contribution in [0.5, 0.6) is 0 Å². The molecule has 0 atom stereocenters. The number of amides is 1. The minimum Gasteiger partial charge on any atom is -0.361 e. The van der Waals surface area contributed by atoms with Crippen molar-refractivity contribution in [2.75, 3.05) is 0 Å². The van der Waals surface area contributed by atoms with E-state index in [2.05, 4.69) is 37.4 Å². The predicted molar refractivity (Wildman–Crippen MR) is 122 cm³/mol. The van der Waals surface area contributed by atoms with E-state index in [1.165, 1.54) is 0 Å². The first-order chi connectivity index (χ1) is 15.2. The van der Waals surface area contributed by atoms with Crippen molar-refractivity contribution in [3.05, 3.63) is 112 Å². The number of hydrogen-bond acceptors (Lipinski definition) is 3. The molecule has 6 heteroatoms. The molecule has 6 rings (SSSR count). The zero-order chi connectivity index (χ0) is 20.8. The van der Waals surface area contributed by atoms with Crippen LogP contribution in [0, 0.1) is 0 Å². The van der Waals surface area contributed by atoms with Gasteiger partial charge in [0.25, 0.3) is 5.91 Å². The molecular formula is C25H17N5O. The van der Waals surface area contributed by atoms with Gasteiger partial charge in [0.2, 0.25) is 0 Å².